The summed E-state index contributed by atoms with van der Waals surface area (Å²) in [6.07, 6.45) is 3.27. The minimum atomic E-state index is 0.124. The van der Waals surface area contributed by atoms with E-state index < -0.39 is 0 Å². The molecule has 0 aliphatic rings. The van der Waals surface area contributed by atoms with Crippen LogP contribution in [0.5, 0.6) is 0 Å². The van der Waals surface area contributed by atoms with Gasteiger partial charge in [-0.15, -0.1) is 10.2 Å². The first kappa shape index (κ1) is 21.7. The molecule has 0 saturated carbocycles. The summed E-state index contributed by atoms with van der Waals surface area (Å²) in [6.45, 7) is 0.164. The van der Waals surface area contributed by atoms with Gasteiger partial charge in [0.25, 0.3) is 0 Å². The quantitative estimate of drug-likeness (QED) is 0.362. The zero-order valence-corrected chi connectivity index (χ0v) is 19.1. The maximum atomic E-state index is 9.42. The maximum absolute atomic E-state index is 9.42. The lowest BCUT2D eigenvalue weighted by Gasteiger charge is -2.12. The van der Waals surface area contributed by atoms with Gasteiger partial charge in [-0.1, -0.05) is 18.2 Å². The highest BCUT2D eigenvalue weighted by molar-refractivity contribution is 5.91. The SMILES string of the molecule is N#Cc1cccc(-c2nc(N)n3nc(Cn4nnnc4-c4ccccn4)nc3c2-c2ccnc(N)c2)c1. The number of nitrogens with two attached hydrogens (primary N) is 2. The molecule has 4 N–H and O–H groups in total. The van der Waals surface area contributed by atoms with E-state index in [1.54, 1.807) is 47.4 Å². The molecule has 0 radical (unpaired) electrons. The van der Waals surface area contributed by atoms with Crippen molar-refractivity contribution in [3.05, 3.63) is 78.4 Å². The molecule has 0 spiro atoms. The van der Waals surface area contributed by atoms with Crippen molar-refractivity contribution in [1.82, 2.24) is 49.8 Å². The van der Waals surface area contributed by atoms with E-state index in [0.29, 0.717) is 51.2 Å². The smallest absolute Gasteiger partial charge is 0.223 e. The molecule has 5 aromatic heterocycles. The second-order valence-electron chi connectivity index (χ2n) is 7.99. The monoisotopic (exact) mass is 487 g/mol. The Bertz CT molecular complexity index is 1800. The van der Waals surface area contributed by atoms with Crippen LogP contribution in [0.3, 0.4) is 0 Å². The highest BCUT2D eigenvalue weighted by Crippen LogP contribution is 2.35. The third kappa shape index (κ3) is 3.94. The largest absolute Gasteiger partial charge is 0.384 e. The number of pyridine rings is 2. The van der Waals surface area contributed by atoms with Crippen LogP contribution in [-0.2, 0) is 6.54 Å². The molecule has 0 unspecified atom stereocenters. The summed E-state index contributed by atoms with van der Waals surface area (Å²) < 4.78 is 3.02. The Kier molecular flexibility index (Phi) is 5.16. The first-order chi connectivity index (χ1) is 18.1. The highest BCUT2D eigenvalue weighted by Gasteiger charge is 2.21. The van der Waals surface area contributed by atoms with Gasteiger partial charge in [-0.2, -0.15) is 9.78 Å². The van der Waals surface area contributed by atoms with Crippen LogP contribution in [0.15, 0.2) is 67.0 Å². The van der Waals surface area contributed by atoms with E-state index in [1.165, 1.54) is 4.52 Å². The second kappa shape index (κ2) is 8.78. The average molecular weight is 487 g/mol. The van der Waals surface area contributed by atoms with Crippen LogP contribution < -0.4 is 11.5 Å². The van der Waals surface area contributed by atoms with Crippen LogP contribution in [0.25, 0.3) is 39.5 Å². The van der Waals surface area contributed by atoms with Crippen molar-refractivity contribution in [1.29, 1.82) is 5.26 Å². The van der Waals surface area contributed by atoms with Gasteiger partial charge in [0.2, 0.25) is 11.8 Å². The fourth-order valence-corrected chi connectivity index (χ4v) is 4.01. The van der Waals surface area contributed by atoms with Crippen molar-refractivity contribution in [2.45, 2.75) is 6.54 Å². The van der Waals surface area contributed by atoms with Crippen LogP contribution in [0.1, 0.15) is 11.4 Å². The van der Waals surface area contributed by atoms with Crippen molar-refractivity contribution in [3.63, 3.8) is 0 Å². The Balaban J connectivity index is 1.54. The fourth-order valence-electron chi connectivity index (χ4n) is 4.01. The molecule has 178 valence electrons. The van der Waals surface area contributed by atoms with Gasteiger partial charge in [0.05, 0.1) is 22.9 Å². The van der Waals surface area contributed by atoms with Crippen LogP contribution >= 0.6 is 0 Å². The molecule has 0 aliphatic carbocycles. The van der Waals surface area contributed by atoms with Crippen LogP contribution in [-0.4, -0.2) is 49.8 Å². The number of anilines is 2. The van der Waals surface area contributed by atoms with Gasteiger partial charge in [0.1, 0.15) is 18.1 Å². The summed E-state index contributed by atoms with van der Waals surface area (Å²) in [5.74, 6) is 1.34. The summed E-state index contributed by atoms with van der Waals surface area (Å²) in [5, 5.41) is 26.0. The number of tetrazole rings is 1. The topological polar surface area (TPSA) is 188 Å². The molecule has 13 nitrogen and oxygen atoms in total. The molecule has 37 heavy (non-hydrogen) atoms. The average Bonchev–Trinajstić information content (AvgIpc) is 3.57. The first-order valence-electron chi connectivity index (χ1n) is 11.1. The second-order valence-corrected chi connectivity index (χ2v) is 7.99. The van der Waals surface area contributed by atoms with Gasteiger partial charge >= 0.3 is 0 Å². The summed E-state index contributed by atoms with van der Waals surface area (Å²) in [7, 11) is 0. The highest BCUT2D eigenvalue weighted by atomic mass is 15.5. The van der Waals surface area contributed by atoms with E-state index in [1.807, 2.05) is 24.3 Å². The van der Waals surface area contributed by atoms with E-state index in [4.69, 9.17) is 16.5 Å². The molecule has 13 heteroatoms. The lowest BCUT2D eigenvalue weighted by Crippen LogP contribution is -2.08. The van der Waals surface area contributed by atoms with E-state index in [0.717, 1.165) is 5.56 Å². The van der Waals surface area contributed by atoms with Crippen molar-refractivity contribution < 1.29 is 0 Å². The van der Waals surface area contributed by atoms with Gasteiger partial charge in [-0.3, -0.25) is 4.98 Å². The van der Waals surface area contributed by atoms with Gasteiger partial charge in [0.15, 0.2) is 11.5 Å². The minimum absolute atomic E-state index is 0.124. The van der Waals surface area contributed by atoms with Gasteiger partial charge in [0, 0.05) is 18.0 Å². The van der Waals surface area contributed by atoms with Gasteiger partial charge in [-0.25, -0.2) is 19.6 Å². The predicted molar refractivity (Wildman–Crippen MR) is 133 cm³/mol. The molecular weight excluding hydrogens is 470 g/mol. The molecule has 0 atom stereocenters. The normalized spacial score (nSPS) is 11.0. The molecular formula is C24H17N13. The van der Waals surface area contributed by atoms with E-state index in [2.05, 4.69) is 41.6 Å². The summed E-state index contributed by atoms with van der Waals surface area (Å²) >= 11 is 0. The van der Waals surface area contributed by atoms with Crippen molar-refractivity contribution >= 4 is 17.4 Å². The Morgan fingerprint density at radius 1 is 0.919 bits per heavy atom. The van der Waals surface area contributed by atoms with E-state index in [9.17, 15) is 5.26 Å². The maximum Gasteiger partial charge on any atom is 0.223 e. The van der Waals surface area contributed by atoms with Crippen LogP contribution in [0.4, 0.5) is 11.8 Å². The zero-order valence-electron chi connectivity index (χ0n) is 19.1. The zero-order chi connectivity index (χ0) is 25.4. The van der Waals surface area contributed by atoms with Crippen molar-refractivity contribution in [2.75, 3.05) is 11.5 Å². The molecule has 6 aromatic rings. The number of nitrogen functional groups attached to an aromatic ring is 2. The molecule has 0 amide bonds. The van der Waals surface area contributed by atoms with E-state index >= 15 is 0 Å². The number of nitriles is 1. The third-order valence-electron chi connectivity index (χ3n) is 5.61. The van der Waals surface area contributed by atoms with Crippen molar-refractivity contribution in [3.8, 4) is 40.0 Å². The molecule has 1 aromatic carbocycles. The van der Waals surface area contributed by atoms with E-state index in [-0.39, 0.29) is 12.5 Å². The van der Waals surface area contributed by atoms with Gasteiger partial charge < -0.3 is 11.5 Å². The number of aromatic nitrogens is 10. The standard InChI is InChI=1S/C24H17N13/c25-12-14-4-3-5-16(10-14)21-20(15-7-9-29-18(26)11-15)23-30-19(33-37(23)24(27)31-21)13-36-22(32-34-35-36)17-6-1-2-8-28-17/h1-11H,13H2,(H2,26,29)(H2,27,31). The Morgan fingerprint density at radius 2 is 1.84 bits per heavy atom. The molecule has 0 fully saturated rings. The number of hydrogen-bond acceptors (Lipinski definition) is 11. The number of nitrogens with zero attached hydrogens (tertiary/aromatic N) is 11. The molecule has 6 rings (SSSR count). The summed E-state index contributed by atoms with van der Waals surface area (Å²) in [5.41, 5.74) is 16.5. The third-order valence-corrected chi connectivity index (χ3v) is 5.61. The first-order valence-corrected chi connectivity index (χ1v) is 11.1. The number of benzene rings is 1. The fraction of sp³-hybridized carbons (Fsp3) is 0.0417. The van der Waals surface area contributed by atoms with Crippen LogP contribution in [0.2, 0.25) is 0 Å². The van der Waals surface area contributed by atoms with Crippen molar-refractivity contribution in [2.24, 2.45) is 0 Å². The summed E-state index contributed by atoms with van der Waals surface area (Å²) in [4.78, 5) is 17.8. The lowest BCUT2D eigenvalue weighted by molar-refractivity contribution is 0.627. The number of rotatable bonds is 5. The Morgan fingerprint density at radius 3 is 2.65 bits per heavy atom. The molecule has 0 bridgehead atoms. The van der Waals surface area contributed by atoms with Crippen LogP contribution in [0, 0.1) is 11.3 Å². The Labute approximate surface area is 209 Å². The molecule has 0 saturated heterocycles. The number of hydrogen-bond donors (Lipinski definition) is 2. The molecule has 0 aliphatic heterocycles. The molecule has 5 heterocycles. The Hall–Kier alpha value is -5.77. The lowest BCUT2D eigenvalue weighted by atomic mass is 9.99. The summed E-state index contributed by atoms with van der Waals surface area (Å²) in [6, 6.07) is 18.3. The van der Waals surface area contributed by atoms with Gasteiger partial charge in [-0.05, 0) is 52.4 Å². The number of fused-ring (bicyclic) bond motifs is 1. The predicted octanol–water partition coefficient (Wildman–Crippen LogP) is 1.99. The minimum Gasteiger partial charge on any atom is -0.384 e.